The number of carbonyl (C=O) groups excluding carboxylic acids is 3. The number of rotatable bonds is 9. The standard InChI is InChI=1S/C32H29N3O5/c33-31(37)40-23-16-14-22(15-17-23)19-34-30(36)29(18-21-8-2-1-3-9-21)35-32(38)39-20-28-26-12-6-4-10-24(26)25-11-5-7-13-27(25)28/h1-17,28-29H,18-20H2,(H2,33,37)(H,34,36)(H,35,38)/t29-/m0/s1. The minimum Gasteiger partial charge on any atom is -0.449 e. The number of ether oxygens (including phenoxy) is 2. The molecule has 0 radical (unpaired) electrons. The van der Waals surface area contributed by atoms with Gasteiger partial charge in [-0.2, -0.15) is 0 Å². The molecule has 0 unspecified atom stereocenters. The Kier molecular flexibility index (Phi) is 8.06. The molecule has 5 rings (SSSR count). The molecule has 0 spiro atoms. The minimum absolute atomic E-state index is 0.0823. The molecule has 0 aromatic heterocycles. The SMILES string of the molecule is NC(=O)Oc1ccc(CNC(=O)[C@H](Cc2ccccc2)NC(=O)OCC2c3ccccc3-c3ccccc32)cc1. The molecule has 0 aliphatic heterocycles. The third kappa shape index (κ3) is 6.30. The summed E-state index contributed by atoms with van der Waals surface area (Å²) in [6.07, 6.45) is -1.27. The highest BCUT2D eigenvalue weighted by Crippen LogP contribution is 2.44. The third-order valence-corrected chi connectivity index (χ3v) is 6.84. The van der Waals surface area contributed by atoms with Gasteiger partial charge in [-0.3, -0.25) is 4.79 Å². The smallest absolute Gasteiger partial charge is 0.409 e. The van der Waals surface area contributed by atoms with Crippen LogP contribution in [0.1, 0.15) is 28.2 Å². The normalized spacial score (nSPS) is 12.5. The first kappa shape index (κ1) is 26.5. The van der Waals surface area contributed by atoms with Crippen LogP contribution in [0, 0.1) is 0 Å². The molecule has 4 aromatic carbocycles. The van der Waals surface area contributed by atoms with Crippen molar-refractivity contribution in [2.75, 3.05) is 6.61 Å². The zero-order chi connectivity index (χ0) is 27.9. The van der Waals surface area contributed by atoms with Crippen LogP contribution in [0.5, 0.6) is 5.75 Å². The molecule has 202 valence electrons. The molecule has 0 saturated carbocycles. The predicted molar refractivity (Wildman–Crippen MR) is 151 cm³/mol. The van der Waals surface area contributed by atoms with Crippen LogP contribution < -0.4 is 21.1 Å². The summed E-state index contributed by atoms with van der Waals surface area (Å²) in [4.78, 5) is 37.1. The summed E-state index contributed by atoms with van der Waals surface area (Å²) < 4.78 is 10.5. The van der Waals surface area contributed by atoms with E-state index in [2.05, 4.69) is 34.9 Å². The molecular formula is C32H29N3O5. The number of amides is 3. The predicted octanol–water partition coefficient (Wildman–Crippen LogP) is 4.91. The summed E-state index contributed by atoms with van der Waals surface area (Å²) in [6, 6.07) is 31.4. The van der Waals surface area contributed by atoms with Crippen molar-refractivity contribution in [3.05, 3.63) is 125 Å². The summed E-state index contributed by atoms with van der Waals surface area (Å²) in [5.41, 5.74) is 11.2. The van der Waals surface area contributed by atoms with Crippen LogP contribution >= 0.6 is 0 Å². The highest BCUT2D eigenvalue weighted by atomic mass is 16.6. The fourth-order valence-electron chi connectivity index (χ4n) is 4.95. The first-order chi connectivity index (χ1) is 19.5. The van der Waals surface area contributed by atoms with Crippen molar-refractivity contribution in [2.24, 2.45) is 5.73 Å². The second-order valence-corrected chi connectivity index (χ2v) is 9.50. The largest absolute Gasteiger partial charge is 0.449 e. The Morgan fingerprint density at radius 2 is 1.35 bits per heavy atom. The topological polar surface area (TPSA) is 120 Å². The Hall–Kier alpha value is -5.11. The second-order valence-electron chi connectivity index (χ2n) is 9.50. The molecule has 0 fully saturated rings. The average molecular weight is 536 g/mol. The summed E-state index contributed by atoms with van der Waals surface area (Å²) in [5, 5.41) is 5.63. The maximum absolute atomic E-state index is 13.2. The number of hydrogen-bond acceptors (Lipinski definition) is 5. The number of hydrogen-bond donors (Lipinski definition) is 3. The molecule has 8 nitrogen and oxygen atoms in total. The molecule has 1 aliphatic rings. The van der Waals surface area contributed by atoms with Crippen LogP contribution in [0.25, 0.3) is 11.1 Å². The number of nitrogens with two attached hydrogens (primary N) is 1. The lowest BCUT2D eigenvalue weighted by Crippen LogP contribution is -2.48. The maximum Gasteiger partial charge on any atom is 0.409 e. The lowest BCUT2D eigenvalue weighted by Gasteiger charge is -2.20. The monoisotopic (exact) mass is 535 g/mol. The molecule has 40 heavy (non-hydrogen) atoms. The third-order valence-electron chi connectivity index (χ3n) is 6.84. The van der Waals surface area contributed by atoms with Crippen molar-refractivity contribution in [1.29, 1.82) is 0 Å². The summed E-state index contributed by atoms with van der Waals surface area (Å²) >= 11 is 0. The highest BCUT2D eigenvalue weighted by molar-refractivity contribution is 5.86. The number of nitrogens with one attached hydrogen (secondary N) is 2. The van der Waals surface area contributed by atoms with Gasteiger partial charge in [-0.25, -0.2) is 9.59 Å². The van der Waals surface area contributed by atoms with Crippen molar-refractivity contribution in [3.8, 4) is 16.9 Å². The number of benzene rings is 4. The molecule has 4 N–H and O–H groups in total. The Balaban J connectivity index is 1.23. The Morgan fingerprint density at radius 3 is 1.98 bits per heavy atom. The van der Waals surface area contributed by atoms with Gasteiger partial charge in [0.1, 0.15) is 18.4 Å². The molecule has 1 aliphatic carbocycles. The number of primary amides is 1. The van der Waals surface area contributed by atoms with Crippen molar-refractivity contribution < 1.29 is 23.9 Å². The molecule has 0 saturated heterocycles. The van der Waals surface area contributed by atoms with E-state index >= 15 is 0 Å². The Morgan fingerprint density at radius 1 is 0.750 bits per heavy atom. The van der Waals surface area contributed by atoms with E-state index < -0.39 is 18.2 Å². The lowest BCUT2D eigenvalue weighted by molar-refractivity contribution is -0.123. The van der Waals surface area contributed by atoms with Crippen LogP contribution in [-0.4, -0.2) is 30.7 Å². The van der Waals surface area contributed by atoms with Crippen LogP contribution in [0.15, 0.2) is 103 Å². The van der Waals surface area contributed by atoms with E-state index in [0.29, 0.717) is 12.2 Å². The van der Waals surface area contributed by atoms with E-state index in [4.69, 9.17) is 15.2 Å². The highest BCUT2D eigenvalue weighted by Gasteiger charge is 2.30. The van der Waals surface area contributed by atoms with E-state index in [1.165, 1.54) is 0 Å². The van der Waals surface area contributed by atoms with Gasteiger partial charge in [0.25, 0.3) is 0 Å². The van der Waals surface area contributed by atoms with Gasteiger partial charge >= 0.3 is 12.2 Å². The zero-order valence-electron chi connectivity index (χ0n) is 21.7. The van der Waals surface area contributed by atoms with Crippen LogP contribution in [0.2, 0.25) is 0 Å². The summed E-state index contributed by atoms with van der Waals surface area (Å²) in [7, 11) is 0. The van der Waals surface area contributed by atoms with Gasteiger partial charge in [0.2, 0.25) is 5.91 Å². The van der Waals surface area contributed by atoms with E-state index in [9.17, 15) is 14.4 Å². The molecule has 8 heteroatoms. The van der Waals surface area contributed by atoms with Crippen molar-refractivity contribution in [2.45, 2.75) is 24.9 Å². The fraction of sp³-hybridized carbons (Fsp3) is 0.156. The molecule has 4 aromatic rings. The van der Waals surface area contributed by atoms with Gasteiger partial charge in [0.15, 0.2) is 0 Å². The van der Waals surface area contributed by atoms with Gasteiger partial charge < -0.3 is 25.8 Å². The van der Waals surface area contributed by atoms with Crippen molar-refractivity contribution in [3.63, 3.8) is 0 Å². The van der Waals surface area contributed by atoms with Gasteiger partial charge in [0.05, 0.1) is 0 Å². The van der Waals surface area contributed by atoms with E-state index in [1.807, 2.05) is 54.6 Å². The van der Waals surface area contributed by atoms with E-state index in [0.717, 1.165) is 33.4 Å². The summed E-state index contributed by atoms with van der Waals surface area (Å²) in [6.45, 7) is 0.368. The number of alkyl carbamates (subject to hydrolysis) is 1. The number of carbonyl (C=O) groups is 3. The molecular weight excluding hydrogens is 506 g/mol. The fourth-order valence-corrected chi connectivity index (χ4v) is 4.95. The molecule has 0 heterocycles. The first-order valence-corrected chi connectivity index (χ1v) is 13.0. The quantitative estimate of drug-likeness (QED) is 0.281. The molecule has 0 bridgehead atoms. The Bertz CT molecular complexity index is 1460. The van der Waals surface area contributed by atoms with Gasteiger partial charge in [-0.05, 0) is 45.5 Å². The van der Waals surface area contributed by atoms with Gasteiger partial charge in [-0.1, -0.05) is 91.0 Å². The van der Waals surface area contributed by atoms with Gasteiger partial charge in [0, 0.05) is 18.9 Å². The van der Waals surface area contributed by atoms with Crippen LogP contribution in [-0.2, 0) is 22.5 Å². The molecule has 3 amide bonds. The minimum atomic E-state index is -0.899. The van der Waals surface area contributed by atoms with Crippen molar-refractivity contribution >= 4 is 18.1 Å². The average Bonchev–Trinajstić information content (AvgIpc) is 3.29. The first-order valence-electron chi connectivity index (χ1n) is 13.0. The van der Waals surface area contributed by atoms with Crippen LogP contribution in [0.4, 0.5) is 9.59 Å². The zero-order valence-corrected chi connectivity index (χ0v) is 21.7. The van der Waals surface area contributed by atoms with E-state index in [-0.39, 0.29) is 25.0 Å². The lowest BCUT2D eigenvalue weighted by atomic mass is 9.98. The van der Waals surface area contributed by atoms with Crippen molar-refractivity contribution in [1.82, 2.24) is 10.6 Å². The van der Waals surface area contributed by atoms with Gasteiger partial charge in [-0.15, -0.1) is 0 Å². The maximum atomic E-state index is 13.2. The molecule has 1 atom stereocenters. The van der Waals surface area contributed by atoms with E-state index in [1.54, 1.807) is 24.3 Å². The Labute approximate surface area is 232 Å². The number of fused-ring (bicyclic) bond motifs is 3. The van der Waals surface area contributed by atoms with Crippen LogP contribution in [0.3, 0.4) is 0 Å². The second kappa shape index (κ2) is 12.2. The summed E-state index contributed by atoms with van der Waals surface area (Å²) in [5.74, 6) is -0.127.